The highest BCUT2D eigenvalue weighted by molar-refractivity contribution is 7.92. The van der Waals surface area contributed by atoms with Crippen molar-refractivity contribution in [1.82, 2.24) is 10.2 Å². The zero-order chi connectivity index (χ0) is 31.9. The lowest BCUT2D eigenvalue weighted by Gasteiger charge is -2.33. The lowest BCUT2D eigenvalue weighted by atomic mass is 10.1. The molecular formula is C31H38N4O7S. The summed E-state index contributed by atoms with van der Waals surface area (Å²) < 4.78 is 34.2. The van der Waals surface area contributed by atoms with E-state index in [2.05, 4.69) is 5.32 Å². The summed E-state index contributed by atoms with van der Waals surface area (Å²) in [6.07, 6.45) is 0.287. The van der Waals surface area contributed by atoms with Gasteiger partial charge >= 0.3 is 0 Å². The van der Waals surface area contributed by atoms with Crippen molar-refractivity contribution in [2.24, 2.45) is 0 Å². The molecule has 11 nitrogen and oxygen atoms in total. The van der Waals surface area contributed by atoms with Crippen molar-refractivity contribution in [3.05, 3.63) is 93.5 Å². The molecule has 0 heterocycles. The van der Waals surface area contributed by atoms with Gasteiger partial charge in [0.15, 0.2) is 0 Å². The zero-order valence-electron chi connectivity index (χ0n) is 25.2. The van der Waals surface area contributed by atoms with Crippen LogP contribution in [0.2, 0.25) is 0 Å². The number of ether oxygens (including phenoxy) is 1. The van der Waals surface area contributed by atoms with E-state index in [1.54, 1.807) is 19.1 Å². The summed E-state index contributed by atoms with van der Waals surface area (Å²) in [5, 5.41) is 14.5. The van der Waals surface area contributed by atoms with Crippen LogP contribution in [-0.4, -0.2) is 55.8 Å². The van der Waals surface area contributed by atoms with E-state index in [0.29, 0.717) is 11.3 Å². The summed E-state index contributed by atoms with van der Waals surface area (Å²) in [6.45, 7) is 8.26. The third-order valence-corrected chi connectivity index (χ3v) is 8.66. The molecule has 0 radical (unpaired) electrons. The number of hydrogen-bond donors (Lipinski definition) is 1. The van der Waals surface area contributed by atoms with Crippen LogP contribution in [-0.2, 0) is 26.2 Å². The van der Waals surface area contributed by atoms with Crippen molar-refractivity contribution >= 4 is 33.2 Å². The summed E-state index contributed by atoms with van der Waals surface area (Å²) in [7, 11) is -3.02. The lowest BCUT2D eigenvalue weighted by Crippen LogP contribution is -2.53. The monoisotopic (exact) mass is 610 g/mol. The molecule has 2 amide bonds. The first-order valence-electron chi connectivity index (χ1n) is 13.9. The summed E-state index contributed by atoms with van der Waals surface area (Å²) in [6, 6.07) is 16.1. The summed E-state index contributed by atoms with van der Waals surface area (Å²) in [4.78, 5) is 39.4. The summed E-state index contributed by atoms with van der Waals surface area (Å²) in [5.41, 5.74) is 1.87. The number of nitro groups is 1. The number of rotatable bonds is 13. The van der Waals surface area contributed by atoms with Crippen LogP contribution in [0.1, 0.15) is 43.9 Å². The molecule has 230 valence electrons. The van der Waals surface area contributed by atoms with Crippen molar-refractivity contribution in [3.63, 3.8) is 0 Å². The largest absolute Gasteiger partial charge is 0.497 e. The number of amides is 2. The molecule has 1 unspecified atom stereocenters. The Kier molecular flexibility index (Phi) is 10.9. The van der Waals surface area contributed by atoms with Gasteiger partial charge in [0.2, 0.25) is 11.8 Å². The molecule has 0 bridgehead atoms. The molecule has 43 heavy (non-hydrogen) atoms. The van der Waals surface area contributed by atoms with Gasteiger partial charge in [-0.25, -0.2) is 8.42 Å². The van der Waals surface area contributed by atoms with Gasteiger partial charge < -0.3 is 15.0 Å². The Balaban J connectivity index is 2.12. The maximum absolute atomic E-state index is 14.1. The van der Waals surface area contributed by atoms with Crippen LogP contribution < -0.4 is 14.4 Å². The standard InChI is InChI=1S/C31H38N4O7S/c1-7-28(31(37)32-21(2)3)33(19-24-11-8-22(4)9-12-24)30(36)20-34(25-13-15-26(42-6)16-14-25)43(40,41)27-17-10-23(5)29(18-27)35(38)39/h8-18,21,28H,7,19-20H2,1-6H3,(H,32,37). The van der Waals surface area contributed by atoms with Crippen LogP contribution in [0.5, 0.6) is 5.75 Å². The van der Waals surface area contributed by atoms with Crippen LogP contribution in [0.15, 0.2) is 71.6 Å². The van der Waals surface area contributed by atoms with Crippen LogP contribution in [0.3, 0.4) is 0 Å². The Labute approximate surface area is 252 Å². The number of carbonyl (C=O) groups excluding carboxylic acids is 2. The lowest BCUT2D eigenvalue weighted by molar-refractivity contribution is -0.385. The number of carbonyl (C=O) groups is 2. The van der Waals surface area contributed by atoms with E-state index < -0.39 is 33.4 Å². The number of methoxy groups -OCH3 is 1. The van der Waals surface area contributed by atoms with Gasteiger partial charge in [-0.2, -0.15) is 0 Å². The first-order valence-corrected chi connectivity index (χ1v) is 15.3. The number of benzene rings is 3. The second-order valence-corrected chi connectivity index (χ2v) is 12.4. The Morgan fingerprint density at radius 3 is 2.16 bits per heavy atom. The molecule has 1 N–H and O–H groups in total. The quantitative estimate of drug-likeness (QED) is 0.218. The van der Waals surface area contributed by atoms with E-state index in [1.165, 1.54) is 43.2 Å². The minimum absolute atomic E-state index is 0.0651. The van der Waals surface area contributed by atoms with Crippen LogP contribution in [0.4, 0.5) is 11.4 Å². The zero-order valence-corrected chi connectivity index (χ0v) is 26.1. The van der Waals surface area contributed by atoms with Crippen molar-refractivity contribution in [2.45, 2.75) is 64.6 Å². The van der Waals surface area contributed by atoms with Crippen LogP contribution >= 0.6 is 0 Å². The molecule has 0 fully saturated rings. The minimum Gasteiger partial charge on any atom is -0.497 e. The third kappa shape index (κ3) is 8.10. The molecule has 0 saturated heterocycles. The van der Waals surface area contributed by atoms with Crippen molar-refractivity contribution in [3.8, 4) is 5.75 Å². The maximum Gasteiger partial charge on any atom is 0.273 e. The van der Waals surface area contributed by atoms with Gasteiger partial charge in [-0.3, -0.25) is 24.0 Å². The first-order chi connectivity index (χ1) is 20.3. The fourth-order valence-corrected chi connectivity index (χ4v) is 5.98. The normalized spacial score (nSPS) is 12.0. The highest BCUT2D eigenvalue weighted by Gasteiger charge is 2.34. The Morgan fingerprint density at radius 1 is 1.00 bits per heavy atom. The Hall–Kier alpha value is -4.45. The summed E-state index contributed by atoms with van der Waals surface area (Å²) >= 11 is 0. The highest BCUT2D eigenvalue weighted by atomic mass is 32.2. The number of aryl methyl sites for hydroxylation is 2. The fourth-order valence-electron chi connectivity index (χ4n) is 4.54. The maximum atomic E-state index is 14.1. The SMILES string of the molecule is CCC(C(=O)NC(C)C)N(Cc1ccc(C)cc1)C(=O)CN(c1ccc(OC)cc1)S(=O)(=O)c1ccc(C)c([N+](=O)[O-])c1. The molecule has 0 spiro atoms. The first kappa shape index (κ1) is 33.1. The molecule has 0 aliphatic heterocycles. The van der Waals surface area contributed by atoms with E-state index in [4.69, 9.17) is 4.74 Å². The second-order valence-electron chi connectivity index (χ2n) is 10.5. The number of nitrogens with zero attached hydrogens (tertiary/aromatic N) is 3. The molecule has 3 aromatic rings. The minimum atomic E-state index is -4.49. The van der Waals surface area contributed by atoms with Gasteiger partial charge in [0.05, 0.1) is 22.6 Å². The number of anilines is 1. The third-order valence-electron chi connectivity index (χ3n) is 6.89. The van der Waals surface area contributed by atoms with E-state index in [1.807, 2.05) is 45.0 Å². The Morgan fingerprint density at radius 2 is 1.63 bits per heavy atom. The van der Waals surface area contributed by atoms with Crippen molar-refractivity contribution in [1.29, 1.82) is 0 Å². The number of hydrogen-bond acceptors (Lipinski definition) is 7. The van der Waals surface area contributed by atoms with E-state index in [0.717, 1.165) is 21.5 Å². The average Bonchev–Trinajstić information content (AvgIpc) is 2.96. The van der Waals surface area contributed by atoms with Crippen LogP contribution in [0.25, 0.3) is 0 Å². The van der Waals surface area contributed by atoms with Gasteiger partial charge in [-0.1, -0.05) is 42.8 Å². The van der Waals surface area contributed by atoms with Gasteiger partial charge in [0, 0.05) is 24.2 Å². The molecule has 3 rings (SSSR count). The number of nitro benzene ring substituents is 1. The Bertz CT molecular complexity index is 1560. The van der Waals surface area contributed by atoms with Gasteiger partial charge in [0.25, 0.3) is 15.7 Å². The molecule has 1 atom stereocenters. The number of sulfonamides is 1. The van der Waals surface area contributed by atoms with Crippen molar-refractivity contribution < 1.29 is 27.7 Å². The van der Waals surface area contributed by atoms with Crippen molar-refractivity contribution in [2.75, 3.05) is 18.0 Å². The smallest absolute Gasteiger partial charge is 0.273 e. The molecular weight excluding hydrogens is 572 g/mol. The molecule has 0 aromatic heterocycles. The topological polar surface area (TPSA) is 139 Å². The predicted octanol–water partition coefficient (Wildman–Crippen LogP) is 4.75. The predicted molar refractivity (Wildman–Crippen MR) is 164 cm³/mol. The average molecular weight is 611 g/mol. The highest BCUT2D eigenvalue weighted by Crippen LogP contribution is 2.29. The van der Waals surface area contributed by atoms with Crippen LogP contribution in [0, 0.1) is 24.0 Å². The fraction of sp³-hybridized carbons (Fsp3) is 0.355. The van der Waals surface area contributed by atoms with E-state index in [-0.39, 0.29) is 41.2 Å². The summed E-state index contributed by atoms with van der Waals surface area (Å²) in [5.74, 6) is -0.505. The molecule has 3 aromatic carbocycles. The second kappa shape index (κ2) is 14.1. The van der Waals surface area contributed by atoms with Gasteiger partial charge in [0.1, 0.15) is 18.3 Å². The molecule has 0 saturated carbocycles. The number of nitrogens with one attached hydrogen (secondary N) is 1. The van der Waals surface area contributed by atoms with E-state index >= 15 is 0 Å². The molecule has 0 aliphatic rings. The van der Waals surface area contributed by atoms with E-state index in [9.17, 15) is 28.1 Å². The molecule has 0 aliphatic carbocycles. The van der Waals surface area contributed by atoms with Gasteiger partial charge in [-0.05, 0) is 70.0 Å². The van der Waals surface area contributed by atoms with Gasteiger partial charge in [-0.15, -0.1) is 0 Å². The molecule has 12 heteroatoms.